The van der Waals surface area contributed by atoms with Crippen LogP contribution in [-0.2, 0) is 6.54 Å². The van der Waals surface area contributed by atoms with Crippen LogP contribution in [0.15, 0.2) is 60.9 Å². The van der Waals surface area contributed by atoms with Crippen molar-refractivity contribution in [1.82, 2.24) is 30.0 Å². The third-order valence-electron chi connectivity index (χ3n) is 5.09. The van der Waals surface area contributed by atoms with Crippen LogP contribution in [0.3, 0.4) is 0 Å². The molecule has 3 aromatic heterocycles. The van der Waals surface area contributed by atoms with Gasteiger partial charge in [0.2, 0.25) is 0 Å². The van der Waals surface area contributed by atoms with Crippen molar-refractivity contribution >= 4 is 33.1 Å². The fourth-order valence-electron chi connectivity index (χ4n) is 3.44. The minimum absolute atomic E-state index is 0.149. The molecule has 5 aromatic rings. The first-order valence-corrected chi connectivity index (χ1v) is 10.6. The molecule has 0 radical (unpaired) electrons. The number of aromatic nitrogens is 6. The highest BCUT2D eigenvalue weighted by atomic mass is 32.1. The van der Waals surface area contributed by atoms with Crippen molar-refractivity contribution in [2.45, 2.75) is 20.4 Å². The summed E-state index contributed by atoms with van der Waals surface area (Å²) in [5.74, 6) is -0.149. The smallest absolute Gasteiger partial charge is 0.265 e. The monoisotopic (exact) mass is 429 g/mol. The lowest BCUT2D eigenvalue weighted by Gasteiger charge is -2.09. The molecule has 0 bridgehead atoms. The average molecular weight is 430 g/mol. The molecule has 0 saturated carbocycles. The molecule has 8 nitrogen and oxygen atoms in total. The summed E-state index contributed by atoms with van der Waals surface area (Å²) in [7, 11) is 0. The molecule has 0 saturated heterocycles. The Labute approximate surface area is 182 Å². The number of nitrogens with one attached hydrogen (secondary N) is 1. The summed E-state index contributed by atoms with van der Waals surface area (Å²) in [6.07, 6.45) is 1.52. The fourth-order valence-corrected chi connectivity index (χ4v) is 4.49. The number of tetrazole rings is 1. The van der Waals surface area contributed by atoms with E-state index in [0.717, 1.165) is 32.8 Å². The highest BCUT2D eigenvalue weighted by Gasteiger charge is 2.17. The Morgan fingerprint density at radius 1 is 1.10 bits per heavy atom. The lowest BCUT2D eigenvalue weighted by atomic mass is 10.1. The molecule has 31 heavy (non-hydrogen) atoms. The van der Waals surface area contributed by atoms with E-state index in [0.29, 0.717) is 11.4 Å². The van der Waals surface area contributed by atoms with Gasteiger partial charge in [0.15, 0.2) is 0 Å². The summed E-state index contributed by atoms with van der Waals surface area (Å²) in [6, 6.07) is 17.8. The highest BCUT2D eigenvalue weighted by Crippen LogP contribution is 2.30. The Kier molecular flexibility index (Phi) is 4.79. The maximum absolute atomic E-state index is 13.0. The van der Waals surface area contributed by atoms with E-state index in [1.165, 1.54) is 23.2 Å². The second kappa shape index (κ2) is 7.77. The molecule has 3 heterocycles. The van der Waals surface area contributed by atoms with Crippen LogP contribution in [0.5, 0.6) is 0 Å². The maximum atomic E-state index is 13.0. The number of carbonyl (C=O) groups is 1. The van der Waals surface area contributed by atoms with Gasteiger partial charge in [0.25, 0.3) is 5.91 Å². The molecule has 1 N–H and O–H groups in total. The molecule has 0 aliphatic carbocycles. The molecule has 0 atom stereocenters. The second-order valence-electron chi connectivity index (χ2n) is 7.27. The van der Waals surface area contributed by atoms with Crippen molar-refractivity contribution in [2.24, 2.45) is 0 Å². The zero-order valence-electron chi connectivity index (χ0n) is 17.0. The van der Waals surface area contributed by atoms with Gasteiger partial charge in [-0.2, -0.15) is 5.10 Å². The second-order valence-corrected chi connectivity index (χ2v) is 8.30. The van der Waals surface area contributed by atoms with Crippen molar-refractivity contribution in [1.29, 1.82) is 0 Å². The number of amides is 1. The van der Waals surface area contributed by atoms with Gasteiger partial charge in [0.05, 0.1) is 22.8 Å². The van der Waals surface area contributed by atoms with Crippen LogP contribution in [-0.4, -0.2) is 35.9 Å². The number of fused-ring (bicyclic) bond motifs is 1. The fraction of sp³-hybridized carbons (Fsp3) is 0.136. The van der Waals surface area contributed by atoms with Crippen LogP contribution in [0.2, 0.25) is 0 Å². The van der Waals surface area contributed by atoms with Gasteiger partial charge in [-0.25, -0.2) is 4.68 Å². The van der Waals surface area contributed by atoms with Gasteiger partial charge in [0, 0.05) is 11.1 Å². The zero-order chi connectivity index (χ0) is 21.4. The number of nitrogens with zero attached hydrogens (tertiary/aromatic N) is 6. The van der Waals surface area contributed by atoms with Gasteiger partial charge in [-0.1, -0.05) is 36.4 Å². The summed E-state index contributed by atoms with van der Waals surface area (Å²) >= 11 is 1.45. The molecule has 0 unspecified atom stereocenters. The Morgan fingerprint density at radius 3 is 2.71 bits per heavy atom. The Hall–Kier alpha value is -3.85. The van der Waals surface area contributed by atoms with Gasteiger partial charge in [-0.3, -0.25) is 9.48 Å². The van der Waals surface area contributed by atoms with Crippen LogP contribution in [0.1, 0.15) is 26.5 Å². The van der Waals surface area contributed by atoms with E-state index < -0.39 is 0 Å². The number of rotatable bonds is 5. The first-order chi connectivity index (χ1) is 15.1. The maximum Gasteiger partial charge on any atom is 0.265 e. The predicted octanol–water partition coefficient (Wildman–Crippen LogP) is 3.99. The van der Waals surface area contributed by atoms with E-state index >= 15 is 0 Å². The number of anilines is 1. The normalized spacial score (nSPS) is 11.2. The van der Waals surface area contributed by atoms with Crippen LogP contribution >= 0.6 is 11.3 Å². The molecule has 9 heteroatoms. The van der Waals surface area contributed by atoms with E-state index in [1.54, 1.807) is 4.68 Å². The summed E-state index contributed by atoms with van der Waals surface area (Å²) in [5.41, 5.74) is 4.53. The average Bonchev–Trinajstić information content (AvgIpc) is 3.50. The quantitative estimate of drug-likeness (QED) is 0.456. The molecule has 0 aliphatic heterocycles. The van der Waals surface area contributed by atoms with Crippen LogP contribution < -0.4 is 5.32 Å². The number of benzene rings is 2. The Morgan fingerprint density at radius 2 is 1.94 bits per heavy atom. The van der Waals surface area contributed by atoms with Crippen molar-refractivity contribution in [3.8, 4) is 5.69 Å². The molecule has 1 amide bonds. The molecule has 2 aromatic carbocycles. The van der Waals surface area contributed by atoms with E-state index in [9.17, 15) is 4.79 Å². The molecule has 5 rings (SSSR count). The largest absolute Gasteiger partial charge is 0.321 e. The lowest BCUT2D eigenvalue weighted by molar-refractivity contribution is 0.103. The highest BCUT2D eigenvalue weighted by molar-refractivity contribution is 7.20. The molecular formula is C22H19N7OS. The minimum atomic E-state index is -0.149. The minimum Gasteiger partial charge on any atom is -0.321 e. The van der Waals surface area contributed by atoms with Gasteiger partial charge >= 0.3 is 0 Å². The van der Waals surface area contributed by atoms with Gasteiger partial charge in [-0.15, -0.1) is 16.4 Å². The summed E-state index contributed by atoms with van der Waals surface area (Å²) < 4.78 is 3.51. The van der Waals surface area contributed by atoms with Gasteiger partial charge in [-0.05, 0) is 53.6 Å². The molecule has 0 aliphatic rings. The zero-order valence-corrected chi connectivity index (χ0v) is 17.8. The van der Waals surface area contributed by atoms with Crippen molar-refractivity contribution in [3.63, 3.8) is 0 Å². The lowest BCUT2D eigenvalue weighted by Crippen LogP contribution is -2.12. The van der Waals surface area contributed by atoms with E-state index in [-0.39, 0.29) is 5.91 Å². The summed E-state index contributed by atoms with van der Waals surface area (Å²) in [5, 5.41) is 19.9. The van der Waals surface area contributed by atoms with E-state index in [1.807, 2.05) is 61.0 Å². The summed E-state index contributed by atoms with van der Waals surface area (Å²) in [4.78, 5) is 14.7. The first kappa shape index (κ1) is 19.1. The molecule has 0 fully saturated rings. The van der Waals surface area contributed by atoms with Gasteiger partial charge < -0.3 is 5.32 Å². The number of thiophene rings is 1. The summed E-state index contributed by atoms with van der Waals surface area (Å²) in [6.45, 7) is 4.59. The number of hydrogen-bond acceptors (Lipinski definition) is 6. The van der Waals surface area contributed by atoms with E-state index in [2.05, 4.69) is 38.1 Å². The first-order valence-electron chi connectivity index (χ1n) is 9.75. The van der Waals surface area contributed by atoms with E-state index in [4.69, 9.17) is 0 Å². The molecule has 154 valence electrons. The number of aryl methyl sites for hydroxylation is 2. The van der Waals surface area contributed by atoms with Crippen LogP contribution in [0, 0.1) is 13.8 Å². The molecular weight excluding hydrogens is 410 g/mol. The number of carbonyl (C=O) groups excluding carboxylic acids is 1. The Balaban J connectivity index is 1.43. The standard InChI is InChI=1S/C22H19N7OS/c1-14-8-9-17(29-13-23-26-27-29)10-19(14)24-21(30)20-11-18-15(2)25-28(22(18)31-20)12-16-6-4-3-5-7-16/h3-11,13H,12H2,1-2H3,(H,24,30). The number of hydrogen-bond donors (Lipinski definition) is 1. The SMILES string of the molecule is Cc1ccc(-n2cnnn2)cc1NC(=O)c1cc2c(C)nn(Cc3ccccc3)c2s1. The van der Waals surface area contributed by atoms with Crippen LogP contribution in [0.4, 0.5) is 5.69 Å². The predicted molar refractivity (Wildman–Crippen MR) is 120 cm³/mol. The topological polar surface area (TPSA) is 90.5 Å². The third-order valence-corrected chi connectivity index (χ3v) is 6.24. The van der Waals surface area contributed by atoms with Crippen molar-refractivity contribution in [2.75, 3.05) is 5.32 Å². The van der Waals surface area contributed by atoms with Crippen molar-refractivity contribution in [3.05, 3.63) is 82.6 Å². The van der Waals surface area contributed by atoms with Crippen molar-refractivity contribution < 1.29 is 4.79 Å². The van der Waals surface area contributed by atoms with Crippen LogP contribution in [0.25, 0.3) is 15.9 Å². The molecule has 0 spiro atoms. The Bertz CT molecular complexity index is 1370. The van der Waals surface area contributed by atoms with Gasteiger partial charge in [0.1, 0.15) is 11.2 Å². The third kappa shape index (κ3) is 3.71.